The Kier molecular flexibility index (Phi) is 2.41. The van der Waals surface area contributed by atoms with Crippen molar-refractivity contribution in [3.63, 3.8) is 0 Å². The van der Waals surface area contributed by atoms with Gasteiger partial charge in [-0.2, -0.15) is 0 Å². The van der Waals surface area contributed by atoms with E-state index in [1.54, 1.807) is 18.5 Å². The molecule has 2 rings (SSSR count). The van der Waals surface area contributed by atoms with Gasteiger partial charge < -0.3 is 9.72 Å². The number of aromatic amines is 1. The first-order valence-electron chi connectivity index (χ1n) is 4.80. The summed E-state index contributed by atoms with van der Waals surface area (Å²) in [7, 11) is 0. The third-order valence-corrected chi connectivity index (χ3v) is 2.05. The largest absolute Gasteiger partial charge is 0.489 e. The normalized spacial score (nSPS) is 10.9. The molecule has 4 nitrogen and oxygen atoms in total. The maximum Gasteiger partial charge on any atom is 0.153 e. The van der Waals surface area contributed by atoms with Crippen LogP contribution in [0.15, 0.2) is 18.5 Å². The van der Waals surface area contributed by atoms with Crippen molar-refractivity contribution >= 4 is 17.3 Å². The van der Waals surface area contributed by atoms with E-state index in [4.69, 9.17) is 4.74 Å². The molecule has 2 aromatic rings. The van der Waals surface area contributed by atoms with Crippen LogP contribution >= 0.6 is 0 Å². The average molecular weight is 204 g/mol. The van der Waals surface area contributed by atoms with E-state index in [1.807, 2.05) is 13.8 Å². The Morgan fingerprint density at radius 3 is 3.00 bits per heavy atom. The van der Waals surface area contributed by atoms with Crippen molar-refractivity contribution in [2.75, 3.05) is 0 Å². The molecule has 0 saturated carbocycles. The van der Waals surface area contributed by atoms with Crippen LogP contribution < -0.4 is 4.74 Å². The summed E-state index contributed by atoms with van der Waals surface area (Å²) in [5.74, 6) is 0.725. The number of H-pyrrole nitrogens is 1. The second kappa shape index (κ2) is 3.73. The predicted molar refractivity (Wildman–Crippen MR) is 57.2 cm³/mol. The van der Waals surface area contributed by atoms with Gasteiger partial charge in [0.05, 0.1) is 11.7 Å². The Hall–Kier alpha value is -1.84. The molecule has 0 saturated heterocycles. The van der Waals surface area contributed by atoms with E-state index in [9.17, 15) is 4.79 Å². The van der Waals surface area contributed by atoms with Crippen molar-refractivity contribution in [3.8, 4) is 5.75 Å². The summed E-state index contributed by atoms with van der Waals surface area (Å²) in [6.45, 7) is 3.91. The first-order valence-corrected chi connectivity index (χ1v) is 4.80. The molecular formula is C11H12N2O2. The van der Waals surface area contributed by atoms with E-state index in [-0.39, 0.29) is 6.10 Å². The Morgan fingerprint density at radius 1 is 1.53 bits per heavy atom. The zero-order valence-corrected chi connectivity index (χ0v) is 8.65. The average Bonchev–Trinajstić information content (AvgIpc) is 2.61. The molecule has 1 N–H and O–H groups in total. The lowest BCUT2D eigenvalue weighted by Gasteiger charge is -2.09. The monoisotopic (exact) mass is 204 g/mol. The molecule has 78 valence electrons. The Labute approximate surface area is 87.3 Å². The van der Waals surface area contributed by atoms with E-state index in [1.165, 1.54) is 0 Å². The minimum Gasteiger partial charge on any atom is -0.489 e. The third-order valence-electron chi connectivity index (χ3n) is 2.05. The van der Waals surface area contributed by atoms with Crippen LogP contribution in [0.5, 0.6) is 5.75 Å². The second-order valence-electron chi connectivity index (χ2n) is 3.56. The highest BCUT2D eigenvalue weighted by Crippen LogP contribution is 2.25. The number of rotatable bonds is 3. The summed E-state index contributed by atoms with van der Waals surface area (Å²) < 4.78 is 5.60. The van der Waals surface area contributed by atoms with Gasteiger partial charge in [-0.25, -0.2) is 0 Å². The lowest BCUT2D eigenvalue weighted by atomic mass is 10.3. The molecule has 0 atom stereocenters. The molecule has 0 spiro atoms. The third kappa shape index (κ3) is 1.70. The Morgan fingerprint density at radius 2 is 2.33 bits per heavy atom. The van der Waals surface area contributed by atoms with Gasteiger partial charge in [0.15, 0.2) is 6.29 Å². The molecule has 0 amide bonds. The molecule has 0 aliphatic rings. The van der Waals surface area contributed by atoms with Gasteiger partial charge in [0.2, 0.25) is 0 Å². The molecule has 0 fully saturated rings. The van der Waals surface area contributed by atoms with Crippen LogP contribution in [0.1, 0.15) is 24.2 Å². The summed E-state index contributed by atoms with van der Waals surface area (Å²) in [6, 6.07) is 1.79. The van der Waals surface area contributed by atoms with Gasteiger partial charge in [-0.1, -0.05) is 0 Å². The maximum atomic E-state index is 10.7. The fourth-order valence-electron chi connectivity index (χ4n) is 1.46. The molecule has 4 heteroatoms. The second-order valence-corrected chi connectivity index (χ2v) is 3.56. The molecule has 0 unspecified atom stereocenters. The van der Waals surface area contributed by atoms with Gasteiger partial charge in [-0.05, 0) is 13.8 Å². The molecule has 0 aliphatic carbocycles. The zero-order valence-electron chi connectivity index (χ0n) is 8.65. The number of nitrogens with zero attached hydrogens (tertiary/aromatic N) is 1. The molecule has 2 heterocycles. The zero-order chi connectivity index (χ0) is 10.8. The van der Waals surface area contributed by atoms with Crippen LogP contribution in [-0.4, -0.2) is 22.4 Å². The summed E-state index contributed by atoms with van der Waals surface area (Å²) in [5, 5.41) is 0. The highest BCUT2D eigenvalue weighted by Gasteiger charge is 2.09. The van der Waals surface area contributed by atoms with Gasteiger partial charge in [-0.15, -0.1) is 0 Å². The molecule has 15 heavy (non-hydrogen) atoms. The minimum atomic E-state index is 0.0959. The Balaban J connectivity index is 2.56. The highest BCUT2D eigenvalue weighted by atomic mass is 16.5. The number of pyridine rings is 1. The molecule has 0 bridgehead atoms. The minimum absolute atomic E-state index is 0.0959. The lowest BCUT2D eigenvalue weighted by Crippen LogP contribution is -2.05. The molecular weight excluding hydrogens is 192 g/mol. The van der Waals surface area contributed by atoms with Gasteiger partial charge in [0.25, 0.3) is 0 Å². The Bertz CT molecular complexity index is 488. The van der Waals surface area contributed by atoms with Gasteiger partial charge in [-0.3, -0.25) is 9.78 Å². The number of fused-ring (bicyclic) bond motifs is 1. The number of hydrogen-bond donors (Lipinski definition) is 1. The van der Waals surface area contributed by atoms with Crippen molar-refractivity contribution in [3.05, 3.63) is 24.0 Å². The van der Waals surface area contributed by atoms with Crippen LogP contribution in [-0.2, 0) is 0 Å². The number of carbonyl (C=O) groups excluding carboxylic acids is 1. The van der Waals surface area contributed by atoms with Gasteiger partial charge >= 0.3 is 0 Å². The summed E-state index contributed by atoms with van der Waals surface area (Å²) >= 11 is 0. The van der Waals surface area contributed by atoms with E-state index in [0.717, 1.165) is 17.6 Å². The van der Waals surface area contributed by atoms with Gasteiger partial charge in [0, 0.05) is 18.5 Å². The van der Waals surface area contributed by atoms with E-state index in [2.05, 4.69) is 9.97 Å². The molecule has 0 radical (unpaired) electrons. The van der Waals surface area contributed by atoms with Gasteiger partial charge in [0.1, 0.15) is 16.8 Å². The van der Waals surface area contributed by atoms with Crippen LogP contribution in [0.4, 0.5) is 0 Å². The summed E-state index contributed by atoms with van der Waals surface area (Å²) in [4.78, 5) is 17.8. The number of aldehydes is 1. The number of hydrogen-bond acceptors (Lipinski definition) is 3. The number of aromatic nitrogens is 2. The number of carbonyl (C=O) groups is 1. The molecule has 0 aromatic carbocycles. The fourth-order valence-corrected chi connectivity index (χ4v) is 1.46. The van der Waals surface area contributed by atoms with Crippen molar-refractivity contribution in [1.29, 1.82) is 0 Å². The quantitative estimate of drug-likeness (QED) is 0.779. The topological polar surface area (TPSA) is 55.0 Å². The van der Waals surface area contributed by atoms with Crippen molar-refractivity contribution in [2.45, 2.75) is 20.0 Å². The fraction of sp³-hybridized carbons (Fsp3) is 0.273. The highest BCUT2D eigenvalue weighted by molar-refractivity contribution is 5.96. The summed E-state index contributed by atoms with van der Waals surface area (Å²) in [5.41, 5.74) is 1.98. The smallest absolute Gasteiger partial charge is 0.153 e. The lowest BCUT2D eigenvalue weighted by molar-refractivity contribution is 0.112. The predicted octanol–water partition coefficient (Wildman–Crippen LogP) is 2.16. The molecule has 0 aliphatic heterocycles. The first-order chi connectivity index (χ1) is 7.22. The summed E-state index contributed by atoms with van der Waals surface area (Å²) in [6.07, 6.45) is 4.16. The maximum absolute atomic E-state index is 10.7. The van der Waals surface area contributed by atoms with Crippen molar-refractivity contribution in [1.82, 2.24) is 9.97 Å². The first kappa shape index (κ1) is 9.71. The number of ether oxygens (including phenoxy) is 1. The number of nitrogens with one attached hydrogen (secondary N) is 1. The van der Waals surface area contributed by atoms with Crippen LogP contribution in [0.2, 0.25) is 0 Å². The van der Waals surface area contributed by atoms with Crippen LogP contribution in [0, 0.1) is 0 Å². The molecule has 2 aromatic heterocycles. The SMILES string of the molecule is CC(C)Oc1ccnc2c(C=O)c[nH]c12. The van der Waals surface area contributed by atoms with Crippen LogP contribution in [0.3, 0.4) is 0 Å². The van der Waals surface area contributed by atoms with E-state index >= 15 is 0 Å². The van der Waals surface area contributed by atoms with E-state index in [0.29, 0.717) is 11.1 Å². The van der Waals surface area contributed by atoms with Crippen molar-refractivity contribution < 1.29 is 9.53 Å². The van der Waals surface area contributed by atoms with E-state index < -0.39 is 0 Å². The van der Waals surface area contributed by atoms with Crippen molar-refractivity contribution in [2.24, 2.45) is 0 Å². The van der Waals surface area contributed by atoms with Crippen LogP contribution in [0.25, 0.3) is 11.0 Å². The standard InChI is InChI=1S/C11H12N2O2/c1-7(2)15-9-3-4-12-10-8(6-14)5-13-11(9)10/h3-7,13H,1-2H3.